The molecule has 2 unspecified atom stereocenters. The molecule has 32 heavy (non-hydrogen) atoms. The molecule has 0 saturated carbocycles. The molecule has 0 aliphatic rings. The molecule has 0 radical (unpaired) electrons. The van der Waals surface area contributed by atoms with Gasteiger partial charge in [-0.3, -0.25) is 0 Å². The Bertz CT molecular complexity index is 690. The number of benzene rings is 2. The number of hydrogen-bond donors (Lipinski definition) is 1. The molecule has 2 atom stereocenters. The number of halogens is 2. The van der Waals surface area contributed by atoms with Crippen molar-refractivity contribution in [3.63, 3.8) is 0 Å². The number of hydrogen-bond acceptors (Lipinski definition) is 2. The summed E-state index contributed by atoms with van der Waals surface area (Å²) in [4.78, 5) is 0. The van der Waals surface area contributed by atoms with Crippen LogP contribution in [0.3, 0.4) is 0 Å². The Kier molecular flexibility index (Phi) is 13.7. The highest BCUT2D eigenvalue weighted by Gasteiger charge is 2.20. The number of aliphatic hydroxyl groups is 1. The van der Waals surface area contributed by atoms with Crippen LogP contribution >= 0.6 is 0 Å². The Morgan fingerprint density at radius 1 is 0.594 bits per heavy atom. The van der Waals surface area contributed by atoms with Gasteiger partial charge in [0, 0.05) is 6.61 Å². The first-order valence-electron chi connectivity index (χ1n) is 12.4. The molecule has 0 fully saturated rings. The molecule has 0 heterocycles. The van der Waals surface area contributed by atoms with E-state index < -0.39 is 12.3 Å². The molecule has 0 amide bonds. The van der Waals surface area contributed by atoms with Crippen LogP contribution in [-0.4, -0.2) is 30.7 Å². The van der Waals surface area contributed by atoms with Gasteiger partial charge in [-0.25, -0.2) is 8.78 Å². The highest BCUT2D eigenvalue weighted by Crippen LogP contribution is 2.23. The Hall–Kier alpha value is -1.94. The lowest BCUT2D eigenvalue weighted by Crippen LogP contribution is -2.24. The number of unbranched alkanes of at least 4 members (excludes halogenated alkanes) is 10. The summed E-state index contributed by atoms with van der Waals surface area (Å²) in [6, 6.07) is 17.5. The summed E-state index contributed by atoms with van der Waals surface area (Å²) in [6.07, 6.45) is 9.43. The van der Waals surface area contributed by atoms with Gasteiger partial charge in [0.05, 0.1) is 0 Å². The third kappa shape index (κ3) is 11.1. The third-order valence-electron chi connectivity index (χ3n) is 5.90. The van der Waals surface area contributed by atoms with E-state index in [9.17, 15) is 8.78 Å². The minimum Gasteiger partial charge on any atom is -0.490 e. The second-order valence-corrected chi connectivity index (χ2v) is 8.63. The van der Waals surface area contributed by atoms with E-state index in [0.717, 1.165) is 43.2 Å². The van der Waals surface area contributed by atoms with E-state index in [-0.39, 0.29) is 13.0 Å². The summed E-state index contributed by atoms with van der Waals surface area (Å²) >= 11 is 0. The molecule has 2 rings (SSSR count). The number of ether oxygens (including phenoxy) is 1. The molecule has 0 spiro atoms. The fourth-order valence-electron chi connectivity index (χ4n) is 3.88. The monoisotopic (exact) mass is 446 g/mol. The molecule has 2 nitrogen and oxygen atoms in total. The lowest BCUT2D eigenvalue weighted by molar-refractivity contribution is 0.101. The maximum Gasteiger partial charge on any atom is 0.165 e. The predicted molar refractivity (Wildman–Crippen MR) is 130 cm³/mol. The van der Waals surface area contributed by atoms with E-state index in [4.69, 9.17) is 9.84 Å². The Morgan fingerprint density at radius 2 is 1.09 bits per heavy atom. The first kappa shape index (κ1) is 26.3. The highest BCUT2D eigenvalue weighted by molar-refractivity contribution is 5.63. The van der Waals surface area contributed by atoms with E-state index in [1.54, 1.807) is 12.1 Å². The second-order valence-electron chi connectivity index (χ2n) is 8.63. The van der Waals surface area contributed by atoms with Crippen LogP contribution in [0.25, 0.3) is 11.1 Å². The normalized spacial score (nSPS) is 13.1. The van der Waals surface area contributed by atoms with Crippen molar-refractivity contribution in [3.8, 4) is 16.9 Å². The lowest BCUT2D eigenvalue weighted by atomic mass is 10.0. The maximum absolute atomic E-state index is 14.1. The topological polar surface area (TPSA) is 29.5 Å². The first-order valence-corrected chi connectivity index (χ1v) is 12.4. The van der Waals surface area contributed by atoms with E-state index in [1.165, 1.54) is 38.5 Å². The molecule has 1 N–H and O–H groups in total. The van der Waals surface area contributed by atoms with Crippen LogP contribution in [0.5, 0.6) is 5.75 Å². The van der Waals surface area contributed by atoms with E-state index in [2.05, 4.69) is 0 Å². The number of alkyl halides is 2. The van der Waals surface area contributed by atoms with Crippen molar-refractivity contribution < 1.29 is 18.6 Å². The standard InChI is InChI=1S/C28H40F2O2/c29-27(17-13-8-6-4-2-1-3-5-7-9-14-22-31)28(30)23-32-26-20-18-25(19-21-26)24-15-11-10-12-16-24/h10-12,15-16,18-21,27-28,31H,1-9,13-14,17,22-23H2. The maximum atomic E-state index is 14.1. The van der Waals surface area contributed by atoms with Gasteiger partial charge in [-0.1, -0.05) is 107 Å². The largest absolute Gasteiger partial charge is 0.490 e. The molecule has 0 aromatic heterocycles. The quantitative estimate of drug-likeness (QED) is 0.235. The summed E-state index contributed by atoms with van der Waals surface area (Å²) in [5, 5.41) is 8.74. The second kappa shape index (κ2) is 16.7. The average molecular weight is 447 g/mol. The van der Waals surface area contributed by atoms with Crippen molar-refractivity contribution in [1.29, 1.82) is 0 Å². The summed E-state index contributed by atoms with van der Waals surface area (Å²) in [5.74, 6) is 0.563. The minimum atomic E-state index is -1.59. The molecule has 0 saturated heterocycles. The predicted octanol–water partition coefficient (Wildman–Crippen LogP) is 8.08. The van der Waals surface area contributed by atoms with Crippen LogP contribution in [-0.2, 0) is 0 Å². The molecule has 4 heteroatoms. The van der Waals surface area contributed by atoms with Gasteiger partial charge in [0.2, 0.25) is 0 Å². The molecule has 178 valence electrons. The zero-order chi connectivity index (χ0) is 22.9. The van der Waals surface area contributed by atoms with Gasteiger partial charge in [-0.2, -0.15) is 0 Å². The smallest absolute Gasteiger partial charge is 0.165 e. The minimum absolute atomic E-state index is 0.246. The van der Waals surface area contributed by atoms with Crippen LogP contribution < -0.4 is 4.74 Å². The van der Waals surface area contributed by atoms with Gasteiger partial charge in [0.1, 0.15) is 18.5 Å². The Morgan fingerprint density at radius 3 is 1.66 bits per heavy atom. The van der Waals surface area contributed by atoms with Gasteiger partial charge in [-0.05, 0) is 36.1 Å². The molecule has 2 aromatic carbocycles. The molecular formula is C28H40F2O2. The van der Waals surface area contributed by atoms with Crippen molar-refractivity contribution in [2.24, 2.45) is 0 Å². The summed E-state index contributed by atoms with van der Waals surface area (Å²) in [6.45, 7) is 0.0586. The van der Waals surface area contributed by atoms with E-state index in [0.29, 0.717) is 12.4 Å². The number of aliphatic hydroxyl groups excluding tert-OH is 1. The molecule has 0 aliphatic heterocycles. The highest BCUT2D eigenvalue weighted by atomic mass is 19.2. The van der Waals surface area contributed by atoms with Crippen LogP contribution in [0, 0.1) is 0 Å². The van der Waals surface area contributed by atoms with Gasteiger partial charge in [-0.15, -0.1) is 0 Å². The van der Waals surface area contributed by atoms with Gasteiger partial charge in [0.15, 0.2) is 6.17 Å². The van der Waals surface area contributed by atoms with Crippen molar-refractivity contribution in [3.05, 3.63) is 54.6 Å². The van der Waals surface area contributed by atoms with Gasteiger partial charge in [0.25, 0.3) is 0 Å². The summed E-state index contributed by atoms with van der Waals surface area (Å²) < 4.78 is 33.7. The van der Waals surface area contributed by atoms with Crippen molar-refractivity contribution in [2.45, 2.75) is 89.4 Å². The third-order valence-corrected chi connectivity index (χ3v) is 5.90. The van der Waals surface area contributed by atoms with Crippen LogP contribution in [0.4, 0.5) is 8.78 Å². The molecular weight excluding hydrogens is 406 g/mol. The fraction of sp³-hybridized carbons (Fsp3) is 0.571. The Balaban J connectivity index is 1.49. The van der Waals surface area contributed by atoms with Crippen LogP contribution in [0.15, 0.2) is 54.6 Å². The zero-order valence-electron chi connectivity index (χ0n) is 19.4. The average Bonchev–Trinajstić information content (AvgIpc) is 2.84. The SMILES string of the molecule is OCCCCCCCCCCCCCC(F)C(F)COc1ccc(-c2ccccc2)cc1. The zero-order valence-corrected chi connectivity index (χ0v) is 19.4. The van der Waals surface area contributed by atoms with Crippen molar-refractivity contribution in [1.82, 2.24) is 0 Å². The molecule has 0 bridgehead atoms. The first-order chi connectivity index (χ1) is 15.7. The van der Waals surface area contributed by atoms with Gasteiger partial charge >= 0.3 is 0 Å². The van der Waals surface area contributed by atoms with E-state index in [1.807, 2.05) is 42.5 Å². The summed E-state index contributed by atoms with van der Waals surface area (Å²) in [7, 11) is 0. The molecule has 2 aromatic rings. The van der Waals surface area contributed by atoms with Crippen molar-refractivity contribution >= 4 is 0 Å². The number of rotatable bonds is 18. The summed E-state index contributed by atoms with van der Waals surface area (Å²) in [5.41, 5.74) is 2.18. The lowest BCUT2D eigenvalue weighted by Gasteiger charge is -2.15. The molecule has 0 aliphatic carbocycles. The van der Waals surface area contributed by atoms with Crippen molar-refractivity contribution in [2.75, 3.05) is 13.2 Å². The van der Waals surface area contributed by atoms with Crippen LogP contribution in [0.2, 0.25) is 0 Å². The van der Waals surface area contributed by atoms with Gasteiger partial charge < -0.3 is 9.84 Å². The fourth-order valence-corrected chi connectivity index (χ4v) is 3.88. The Labute approximate surface area is 193 Å². The van der Waals surface area contributed by atoms with E-state index >= 15 is 0 Å². The van der Waals surface area contributed by atoms with Crippen LogP contribution in [0.1, 0.15) is 77.0 Å².